The summed E-state index contributed by atoms with van der Waals surface area (Å²) in [7, 11) is 1.22. The summed E-state index contributed by atoms with van der Waals surface area (Å²) < 4.78 is 4.55. The van der Waals surface area contributed by atoms with E-state index in [0.717, 1.165) is 12.8 Å². The van der Waals surface area contributed by atoms with Gasteiger partial charge in [-0.1, -0.05) is 13.3 Å². The molecule has 2 aliphatic heterocycles. The fourth-order valence-corrected chi connectivity index (χ4v) is 2.16. The third-order valence-electron chi connectivity index (χ3n) is 3.15. The normalized spacial score (nSPS) is 25.9. The van der Waals surface area contributed by atoms with Gasteiger partial charge in [-0.15, -0.1) is 0 Å². The number of likely N-dealkylation sites (tertiary alicyclic amines) is 1. The fraction of sp³-hybridized carbons (Fsp3) is 0.636. The van der Waals surface area contributed by atoms with Crippen molar-refractivity contribution in [1.29, 1.82) is 0 Å². The van der Waals surface area contributed by atoms with Gasteiger partial charge in [-0.25, -0.2) is 4.79 Å². The van der Waals surface area contributed by atoms with E-state index in [1.807, 2.05) is 6.92 Å². The molecule has 1 fully saturated rings. The quantitative estimate of drug-likeness (QED) is 0.527. The molecule has 7 nitrogen and oxygen atoms in total. The van der Waals surface area contributed by atoms with Gasteiger partial charge in [-0.05, 0) is 6.42 Å². The zero-order chi connectivity index (χ0) is 13.3. The van der Waals surface area contributed by atoms with Crippen LogP contribution < -0.4 is 5.43 Å². The van der Waals surface area contributed by atoms with Gasteiger partial charge in [0.25, 0.3) is 5.91 Å². The highest BCUT2D eigenvalue weighted by Crippen LogP contribution is 2.26. The first-order valence-electron chi connectivity index (χ1n) is 5.88. The molecule has 0 aliphatic carbocycles. The maximum Gasteiger partial charge on any atom is 0.355 e. The summed E-state index contributed by atoms with van der Waals surface area (Å²) in [5, 5.41) is 3.73. The molecule has 7 heteroatoms. The third kappa shape index (κ3) is 1.75. The molecule has 2 atom stereocenters. The number of nitrogens with zero attached hydrogens (tertiary/aromatic N) is 2. The van der Waals surface area contributed by atoms with Gasteiger partial charge < -0.3 is 4.74 Å². The zero-order valence-electron chi connectivity index (χ0n) is 10.3. The van der Waals surface area contributed by atoms with Crippen molar-refractivity contribution >= 4 is 23.5 Å². The van der Waals surface area contributed by atoms with E-state index in [-0.39, 0.29) is 17.5 Å². The van der Waals surface area contributed by atoms with Crippen LogP contribution in [-0.4, -0.2) is 48.1 Å². The Morgan fingerprint density at radius 2 is 2.17 bits per heavy atom. The lowest BCUT2D eigenvalue weighted by Gasteiger charge is -2.14. The van der Waals surface area contributed by atoms with Crippen molar-refractivity contribution in [3.8, 4) is 0 Å². The highest BCUT2D eigenvalue weighted by molar-refractivity contribution is 6.43. The minimum atomic E-state index is -0.832. The number of rotatable bonds is 4. The number of imide groups is 1. The molecule has 0 spiro atoms. The summed E-state index contributed by atoms with van der Waals surface area (Å²) in [5.74, 6) is -2.19. The average Bonchev–Trinajstić information content (AvgIpc) is 2.90. The van der Waals surface area contributed by atoms with Crippen molar-refractivity contribution in [3.63, 3.8) is 0 Å². The van der Waals surface area contributed by atoms with Crippen molar-refractivity contribution in [1.82, 2.24) is 10.3 Å². The SMILES string of the molecule is CCCCN1C(=O)[C@H]2C(C(=O)OC)=NN[C@H]2C1=O. The number of hydrogen-bond acceptors (Lipinski definition) is 6. The van der Waals surface area contributed by atoms with Crippen LogP contribution in [0.3, 0.4) is 0 Å². The number of carbonyl (C=O) groups excluding carboxylic acids is 3. The standard InChI is InChI=1S/C11H15N3O4/c1-3-4-5-14-9(15)6-7(10(14)16)12-13-8(6)11(17)18-2/h6-7,12H,3-5H2,1-2H3/t6-,7-/m1/s1. The Labute approximate surface area is 104 Å². The number of carbonyl (C=O) groups is 3. The number of fused-ring (bicyclic) bond motifs is 1. The number of hydrazone groups is 1. The number of esters is 1. The van der Waals surface area contributed by atoms with Crippen molar-refractivity contribution in [3.05, 3.63) is 0 Å². The summed E-state index contributed by atoms with van der Waals surface area (Å²) in [6.07, 6.45) is 1.64. The zero-order valence-corrected chi connectivity index (χ0v) is 10.3. The average molecular weight is 253 g/mol. The van der Waals surface area contributed by atoms with Gasteiger partial charge in [-0.2, -0.15) is 5.10 Å². The summed E-state index contributed by atoms with van der Waals surface area (Å²) in [6, 6.07) is -0.747. The Bertz CT molecular complexity index is 432. The van der Waals surface area contributed by atoms with Gasteiger partial charge in [-0.3, -0.25) is 19.9 Å². The Morgan fingerprint density at radius 1 is 1.44 bits per heavy atom. The lowest BCUT2D eigenvalue weighted by atomic mass is 9.99. The molecular weight excluding hydrogens is 238 g/mol. The molecule has 0 aromatic rings. The Kier molecular flexibility index (Phi) is 3.31. The number of unbranched alkanes of at least 4 members (excludes halogenated alkanes) is 1. The van der Waals surface area contributed by atoms with Crippen LogP contribution in [0.5, 0.6) is 0 Å². The fourth-order valence-electron chi connectivity index (χ4n) is 2.16. The van der Waals surface area contributed by atoms with Crippen LogP contribution in [0, 0.1) is 5.92 Å². The van der Waals surface area contributed by atoms with Gasteiger partial charge in [0.05, 0.1) is 7.11 Å². The molecule has 1 N–H and O–H groups in total. The van der Waals surface area contributed by atoms with Crippen LogP contribution in [0.2, 0.25) is 0 Å². The van der Waals surface area contributed by atoms with Crippen LogP contribution in [0.15, 0.2) is 5.10 Å². The van der Waals surface area contributed by atoms with Gasteiger partial charge >= 0.3 is 5.97 Å². The van der Waals surface area contributed by atoms with Gasteiger partial charge in [0, 0.05) is 6.54 Å². The molecule has 2 aliphatic rings. The van der Waals surface area contributed by atoms with E-state index in [1.54, 1.807) is 0 Å². The molecule has 2 rings (SSSR count). The van der Waals surface area contributed by atoms with E-state index in [2.05, 4.69) is 15.3 Å². The van der Waals surface area contributed by atoms with Crippen LogP contribution in [0.1, 0.15) is 19.8 Å². The first kappa shape index (κ1) is 12.5. The number of ether oxygens (including phenoxy) is 1. The van der Waals surface area contributed by atoms with Crippen LogP contribution in [-0.2, 0) is 19.1 Å². The first-order chi connectivity index (χ1) is 8.61. The molecule has 0 unspecified atom stereocenters. The molecule has 18 heavy (non-hydrogen) atoms. The van der Waals surface area contributed by atoms with Crippen LogP contribution >= 0.6 is 0 Å². The second kappa shape index (κ2) is 4.75. The number of amides is 2. The maximum atomic E-state index is 12.1. The number of nitrogens with one attached hydrogen (secondary N) is 1. The van der Waals surface area contributed by atoms with Crippen LogP contribution in [0.25, 0.3) is 0 Å². The first-order valence-corrected chi connectivity index (χ1v) is 5.88. The smallest absolute Gasteiger partial charge is 0.355 e. The minimum Gasteiger partial charge on any atom is -0.464 e. The van der Waals surface area contributed by atoms with Gasteiger partial charge in [0.15, 0.2) is 5.71 Å². The third-order valence-corrected chi connectivity index (χ3v) is 3.15. The van der Waals surface area contributed by atoms with Crippen molar-refractivity contribution in [2.24, 2.45) is 11.0 Å². The highest BCUT2D eigenvalue weighted by atomic mass is 16.5. The lowest BCUT2D eigenvalue weighted by Crippen LogP contribution is -2.36. The van der Waals surface area contributed by atoms with Crippen molar-refractivity contribution < 1.29 is 19.1 Å². The largest absolute Gasteiger partial charge is 0.464 e. The molecule has 2 amide bonds. The predicted octanol–water partition coefficient (Wildman–Crippen LogP) is -0.728. The van der Waals surface area contributed by atoms with E-state index < -0.39 is 17.9 Å². The molecule has 0 saturated carbocycles. The lowest BCUT2D eigenvalue weighted by molar-refractivity contribution is -0.140. The molecule has 0 radical (unpaired) electrons. The van der Waals surface area contributed by atoms with Gasteiger partial charge in [0.2, 0.25) is 5.91 Å². The molecular formula is C11H15N3O4. The Hall–Kier alpha value is -1.92. The van der Waals surface area contributed by atoms with Crippen molar-refractivity contribution in [2.75, 3.05) is 13.7 Å². The molecule has 2 heterocycles. The predicted molar refractivity (Wildman–Crippen MR) is 61.5 cm³/mol. The summed E-state index contributed by atoms with van der Waals surface area (Å²) in [5.41, 5.74) is 2.53. The second-order valence-corrected chi connectivity index (χ2v) is 4.25. The second-order valence-electron chi connectivity index (χ2n) is 4.25. The van der Waals surface area contributed by atoms with E-state index in [9.17, 15) is 14.4 Å². The Balaban J connectivity index is 2.18. The summed E-state index contributed by atoms with van der Waals surface area (Å²) in [6.45, 7) is 2.36. The van der Waals surface area contributed by atoms with Crippen molar-refractivity contribution in [2.45, 2.75) is 25.8 Å². The summed E-state index contributed by atoms with van der Waals surface area (Å²) >= 11 is 0. The minimum absolute atomic E-state index is 0.0140. The van der Waals surface area contributed by atoms with Gasteiger partial charge in [0.1, 0.15) is 12.0 Å². The van der Waals surface area contributed by atoms with E-state index in [4.69, 9.17) is 0 Å². The topological polar surface area (TPSA) is 88.1 Å². The number of methoxy groups -OCH3 is 1. The molecule has 0 aromatic carbocycles. The molecule has 1 saturated heterocycles. The maximum absolute atomic E-state index is 12.1. The molecule has 0 bridgehead atoms. The highest BCUT2D eigenvalue weighted by Gasteiger charge is 2.54. The van der Waals surface area contributed by atoms with Crippen LogP contribution in [0.4, 0.5) is 0 Å². The molecule has 98 valence electrons. The monoisotopic (exact) mass is 253 g/mol. The van der Waals surface area contributed by atoms with E-state index >= 15 is 0 Å². The summed E-state index contributed by atoms with van der Waals surface area (Å²) in [4.78, 5) is 36.7. The molecule has 0 aromatic heterocycles. The number of hydrogen-bond donors (Lipinski definition) is 1. The Morgan fingerprint density at radius 3 is 2.78 bits per heavy atom. The van der Waals surface area contributed by atoms with E-state index in [0.29, 0.717) is 6.54 Å². The van der Waals surface area contributed by atoms with E-state index in [1.165, 1.54) is 12.0 Å².